The van der Waals surface area contributed by atoms with E-state index in [0.29, 0.717) is 5.92 Å². The van der Waals surface area contributed by atoms with E-state index in [1.807, 2.05) is 12.1 Å². The van der Waals surface area contributed by atoms with Crippen LogP contribution in [0, 0.1) is 5.92 Å². The average Bonchev–Trinajstić information content (AvgIpc) is 2.38. The van der Waals surface area contributed by atoms with Gasteiger partial charge in [-0.05, 0) is 36.6 Å². The Labute approximate surface area is 113 Å². The number of hydrogen-bond donors (Lipinski definition) is 0. The first-order chi connectivity index (χ1) is 8.21. The highest BCUT2D eigenvalue weighted by Crippen LogP contribution is 2.20. The second-order valence-electron chi connectivity index (χ2n) is 4.39. The van der Waals surface area contributed by atoms with Crippen LogP contribution in [-0.2, 0) is 0 Å². The SMILES string of the molecule is CCCC(CBr)CN(C)c1ccc(OC)cc1. The van der Waals surface area contributed by atoms with Crippen LogP contribution in [0.4, 0.5) is 5.69 Å². The van der Waals surface area contributed by atoms with Gasteiger partial charge in [-0.25, -0.2) is 0 Å². The van der Waals surface area contributed by atoms with Gasteiger partial charge >= 0.3 is 0 Å². The number of benzene rings is 1. The molecule has 0 radical (unpaired) electrons. The molecular weight excluding hydrogens is 278 g/mol. The van der Waals surface area contributed by atoms with Gasteiger partial charge in [-0.3, -0.25) is 0 Å². The van der Waals surface area contributed by atoms with E-state index in [4.69, 9.17) is 4.74 Å². The Morgan fingerprint density at radius 3 is 2.41 bits per heavy atom. The van der Waals surface area contributed by atoms with Crippen molar-refractivity contribution in [3.05, 3.63) is 24.3 Å². The summed E-state index contributed by atoms with van der Waals surface area (Å²) in [5.74, 6) is 1.62. The number of halogens is 1. The van der Waals surface area contributed by atoms with Crippen molar-refractivity contribution >= 4 is 21.6 Å². The largest absolute Gasteiger partial charge is 0.497 e. The van der Waals surface area contributed by atoms with E-state index in [1.165, 1.54) is 18.5 Å². The van der Waals surface area contributed by atoms with Gasteiger partial charge in [0.2, 0.25) is 0 Å². The minimum atomic E-state index is 0.715. The molecule has 0 aliphatic rings. The lowest BCUT2D eigenvalue weighted by Gasteiger charge is -2.24. The van der Waals surface area contributed by atoms with Crippen molar-refractivity contribution in [3.8, 4) is 5.75 Å². The summed E-state index contributed by atoms with van der Waals surface area (Å²) in [6.45, 7) is 3.33. The Hall–Kier alpha value is -0.700. The highest BCUT2D eigenvalue weighted by Gasteiger charge is 2.10. The Morgan fingerprint density at radius 1 is 1.29 bits per heavy atom. The fraction of sp³-hybridized carbons (Fsp3) is 0.571. The van der Waals surface area contributed by atoms with Crippen LogP contribution in [0.3, 0.4) is 0 Å². The molecule has 0 N–H and O–H groups in total. The minimum absolute atomic E-state index is 0.715. The maximum atomic E-state index is 5.16. The second-order valence-corrected chi connectivity index (χ2v) is 5.04. The highest BCUT2D eigenvalue weighted by molar-refractivity contribution is 9.09. The topological polar surface area (TPSA) is 12.5 Å². The van der Waals surface area contributed by atoms with Gasteiger partial charge in [0.25, 0.3) is 0 Å². The third-order valence-corrected chi connectivity index (χ3v) is 3.88. The Morgan fingerprint density at radius 2 is 1.94 bits per heavy atom. The number of ether oxygens (including phenoxy) is 1. The van der Waals surface area contributed by atoms with Crippen LogP contribution in [0.2, 0.25) is 0 Å². The van der Waals surface area contributed by atoms with Crippen molar-refractivity contribution in [2.45, 2.75) is 19.8 Å². The van der Waals surface area contributed by atoms with E-state index < -0.39 is 0 Å². The number of hydrogen-bond acceptors (Lipinski definition) is 2. The first kappa shape index (κ1) is 14.4. The summed E-state index contributed by atoms with van der Waals surface area (Å²) >= 11 is 3.59. The molecule has 3 heteroatoms. The molecule has 96 valence electrons. The molecule has 2 nitrogen and oxygen atoms in total. The average molecular weight is 300 g/mol. The molecule has 0 saturated heterocycles. The van der Waals surface area contributed by atoms with Gasteiger partial charge in [0, 0.05) is 24.6 Å². The van der Waals surface area contributed by atoms with Gasteiger partial charge in [0.15, 0.2) is 0 Å². The zero-order valence-corrected chi connectivity index (χ0v) is 12.5. The summed E-state index contributed by atoms with van der Waals surface area (Å²) in [7, 11) is 3.84. The third-order valence-electron chi connectivity index (χ3n) is 2.96. The van der Waals surface area contributed by atoms with Gasteiger partial charge in [-0.2, -0.15) is 0 Å². The number of anilines is 1. The van der Waals surface area contributed by atoms with Gasteiger partial charge in [-0.1, -0.05) is 29.3 Å². The van der Waals surface area contributed by atoms with Crippen molar-refractivity contribution < 1.29 is 4.74 Å². The van der Waals surface area contributed by atoms with Crippen LogP contribution >= 0.6 is 15.9 Å². The Balaban J connectivity index is 2.58. The fourth-order valence-electron chi connectivity index (χ4n) is 1.95. The fourth-order valence-corrected chi connectivity index (χ4v) is 2.48. The molecule has 1 rings (SSSR count). The molecule has 0 fully saturated rings. The Kier molecular flexibility index (Phi) is 6.41. The van der Waals surface area contributed by atoms with Gasteiger partial charge in [-0.15, -0.1) is 0 Å². The standard InChI is InChI=1S/C14H22BrNO/c1-4-5-12(10-15)11-16(2)13-6-8-14(17-3)9-7-13/h6-9,12H,4-5,10-11H2,1-3H3. The van der Waals surface area contributed by atoms with Crippen molar-refractivity contribution in [2.24, 2.45) is 5.92 Å². The van der Waals surface area contributed by atoms with Gasteiger partial charge < -0.3 is 9.64 Å². The molecule has 1 atom stereocenters. The molecule has 0 aliphatic carbocycles. The summed E-state index contributed by atoms with van der Waals surface area (Å²) in [6.07, 6.45) is 2.51. The van der Waals surface area contributed by atoms with E-state index >= 15 is 0 Å². The highest BCUT2D eigenvalue weighted by atomic mass is 79.9. The first-order valence-electron chi connectivity index (χ1n) is 6.12. The maximum absolute atomic E-state index is 5.16. The third kappa shape index (κ3) is 4.58. The first-order valence-corrected chi connectivity index (χ1v) is 7.24. The molecule has 17 heavy (non-hydrogen) atoms. The minimum Gasteiger partial charge on any atom is -0.497 e. The number of nitrogens with zero attached hydrogens (tertiary/aromatic N) is 1. The zero-order valence-electron chi connectivity index (χ0n) is 10.9. The van der Waals surface area contributed by atoms with Crippen molar-refractivity contribution in [1.29, 1.82) is 0 Å². The monoisotopic (exact) mass is 299 g/mol. The summed E-state index contributed by atoms with van der Waals surface area (Å²) in [4.78, 5) is 2.31. The summed E-state index contributed by atoms with van der Waals surface area (Å²) in [5, 5.41) is 1.07. The summed E-state index contributed by atoms with van der Waals surface area (Å²) < 4.78 is 5.16. The van der Waals surface area contributed by atoms with Crippen LogP contribution in [0.1, 0.15) is 19.8 Å². The molecule has 1 aromatic rings. The number of alkyl halides is 1. The molecule has 0 heterocycles. The molecule has 1 aromatic carbocycles. The molecule has 0 saturated carbocycles. The lowest BCUT2D eigenvalue weighted by Crippen LogP contribution is -2.26. The Bertz CT molecular complexity index is 313. The number of methoxy groups -OCH3 is 1. The smallest absolute Gasteiger partial charge is 0.119 e. The van der Waals surface area contributed by atoms with Crippen molar-refractivity contribution in [3.63, 3.8) is 0 Å². The number of rotatable bonds is 7. The van der Waals surface area contributed by atoms with E-state index in [2.05, 4.69) is 46.9 Å². The molecular formula is C14H22BrNO. The molecule has 0 amide bonds. The molecule has 1 unspecified atom stereocenters. The van der Waals surface area contributed by atoms with Crippen LogP contribution in [-0.4, -0.2) is 26.0 Å². The molecule has 0 aliphatic heterocycles. The van der Waals surface area contributed by atoms with Crippen molar-refractivity contribution in [2.75, 3.05) is 30.9 Å². The molecule has 0 bridgehead atoms. The molecule has 0 aromatic heterocycles. The van der Waals surface area contributed by atoms with Crippen LogP contribution < -0.4 is 9.64 Å². The predicted molar refractivity (Wildman–Crippen MR) is 78.5 cm³/mol. The van der Waals surface area contributed by atoms with Crippen LogP contribution in [0.5, 0.6) is 5.75 Å². The van der Waals surface area contributed by atoms with E-state index in [-0.39, 0.29) is 0 Å². The maximum Gasteiger partial charge on any atom is 0.119 e. The van der Waals surface area contributed by atoms with E-state index in [0.717, 1.165) is 17.6 Å². The van der Waals surface area contributed by atoms with Crippen LogP contribution in [0.25, 0.3) is 0 Å². The van der Waals surface area contributed by atoms with Crippen LogP contribution in [0.15, 0.2) is 24.3 Å². The van der Waals surface area contributed by atoms with Crippen molar-refractivity contribution in [1.82, 2.24) is 0 Å². The quantitative estimate of drug-likeness (QED) is 0.707. The normalized spacial score (nSPS) is 12.2. The lowest BCUT2D eigenvalue weighted by atomic mass is 10.1. The van der Waals surface area contributed by atoms with Gasteiger partial charge in [0.05, 0.1) is 7.11 Å². The van der Waals surface area contributed by atoms with E-state index in [1.54, 1.807) is 7.11 Å². The summed E-state index contributed by atoms with van der Waals surface area (Å²) in [5.41, 5.74) is 1.24. The molecule has 0 spiro atoms. The second kappa shape index (κ2) is 7.59. The lowest BCUT2D eigenvalue weighted by molar-refractivity contribution is 0.415. The predicted octanol–water partition coefficient (Wildman–Crippen LogP) is 3.94. The van der Waals surface area contributed by atoms with Gasteiger partial charge in [0.1, 0.15) is 5.75 Å². The zero-order chi connectivity index (χ0) is 12.7. The van der Waals surface area contributed by atoms with E-state index in [9.17, 15) is 0 Å². The summed E-state index contributed by atoms with van der Waals surface area (Å²) in [6, 6.07) is 8.23.